The monoisotopic (exact) mass is 873 g/mol. The molecule has 0 amide bonds. The van der Waals surface area contributed by atoms with Crippen LogP contribution in [0.1, 0.15) is 140 Å². The van der Waals surface area contributed by atoms with Gasteiger partial charge in [0.1, 0.15) is 23.1 Å². The van der Waals surface area contributed by atoms with Crippen molar-refractivity contribution in [2.24, 2.45) is 17.8 Å². The number of hydrogen-bond acceptors (Lipinski definition) is 7. The molecular formula is C49H72ClF3N4O2S. The summed E-state index contributed by atoms with van der Waals surface area (Å²) >= 11 is 7.71. The number of ether oxygens (including phenoxy) is 1. The van der Waals surface area contributed by atoms with Gasteiger partial charge in [0.05, 0.1) is 28.3 Å². The fourth-order valence-corrected chi connectivity index (χ4v) is 8.37. The zero-order valence-corrected chi connectivity index (χ0v) is 39.8. The van der Waals surface area contributed by atoms with Gasteiger partial charge in [0, 0.05) is 33.9 Å². The van der Waals surface area contributed by atoms with Crippen molar-refractivity contribution < 1.29 is 22.7 Å². The molecule has 5 atom stereocenters. The third kappa shape index (κ3) is 16.0. The molecule has 1 heterocycles. The van der Waals surface area contributed by atoms with Crippen molar-refractivity contribution in [3.63, 3.8) is 0 Å². The zero-order chi connectivity index (χ0) is 45.7. The minimum atomic E-state index is -0.680. The summed E-state index contributed by atoms with van der Waals surface area (Å²) < 4.78 is 49.8. The van der Waals surface area contributed by atoms with Crippen LogP contribution in [0.3, 0.4) is 0 Å². The summed E-state index contributed by atoms with van der Waals surface area (Å²) in [4.78, 5) is 12.1. The Labute approximate surface area is 368 Å². The van der Waals surface area contributed by atoms with Gasteiger partial charge in [0.2, 0.25) is 0 Å². The third-order valence-electron chi connectivity index (χ3n) is 11.4. The van der Waals surface area contributed by atoms with Gasteiger partial charge in [-0.25, -0.2) is 13.2 Å². The Morgan fingerprint density at radius 1 is 1.02 bits per heavy atom. The molecule has 6 nitrogen and oxygen atoms in total. The van der Waals surface area contributed by atoms with Crippen molar-refractivity contribution in [3.8, 4) is 6.07 Å². The molecule has 0 saturated heterocycles. The number of unbranched alkanes of at least 4 members (excludes halogenated alkanes) is 3. The van der Waals surface area contributed by atoms with E-state index < -0.39 is 17.8 Å². The number of benzene rings is 2. The number of halogens is 4. The lowest BCUT2D eigenvalue weighted by Crippen LogP contribution is -2.40. The lowest BCUT2D eigenvalue weighted by molar-refractivity contribution is -0.112. The number of thioether (sulfide) groups is 1. The van der Waals surface area contributed by atoms with E-state index in [1.54, 1.807) is 6.07 Å². The van der Waals surface area contributed by atoms with E-state index in [1.807, 2.05) is 19.9 Å². The summed E-state index contributed by atoms with van der Waals surface area (Å²) in [6.45, 7) is 28.6. The summed E-state index contributed by atoms with van der Waals surface area (Å²) in [7, 11) is 1.44. The molecule has 0 saturated carbocycles. The zero-order valence-electron chi connectivity index (χ0n) is 38.2. The quantitative estimate of drug-likeness (QED) is 0.0738. The maximum Gasteiger partial charge on any atom is 0.183 e. The van der Waals surface area contributed by atoms with E-state index in [0.29, 0.717) is 29.4 Å². The van der Waals surface area contributed by atoms with E-state index in [4.69, 9.17) is 21.7 Å². The van der Waals surface area contributed by atoms with Crippen LogP contribution in [-0.4, -0.2) is 41.6 Å². The van der Waals surface area contributed by atoms with Crippen molar-refractivity contribution >= 4 is 51.1 Å². The van der Waals surface area contributed by atoms with E-state index in [2.05, 4.69) is 71.8 Å². The number of ketones is 1. The highest BCUT2D eigenvalue weighted by atomic mass is 35.5. The van der Waals surface area contributed by atoms with Gasteiger partial charge in [-0.1, -0.05) is 129 Å². The molecule has 2 aromatic carbocycles. The minimum Gasteiger partial charge on any atom is -0.483 e. The average molecular weight is 874 g/mol. The number of hydrogen-bond donors (Lipinski definition) is 2. The summed E-state index contributed by atoms with van der Waals surface area (Å²) in [6.07, 6.45) is 12.8. The van der Waals surface area contributed by atoms with Crippen molar-refractivity contribution in [2.45, 2.75) is 157 Å². The van der Waals surface area contributed by atoms with Gasteiger partial charge in [-0.3, -0.25) is 10.2 Å². The molecule has 60 heavy (non-hydrogen) atoms. The summed E-state index contributed by atoms with van der Waals surface area (Å²) in [5.41, 5.74) is 0.966. The molecule has 2 aromatic rings. The Hall–Kier alpha value is -3.68. The smallest absolute Gasteiger partial charge is 0.183 e. The minimum absolute atomic E-state index is 0.0113. The van der Waals surface area contributed by atoms with Gasteiger partial charge in [-0.05, 0) is 94.2 Å². The molecular weight excluding hydrogens is 801 g/mol. The van der Waals surface area contributed by atoms with E-state index in [-0.39, 0.29) is 59.6 Å². The van der Waals surface area contributed by atoms with Gasteiger partial charge in [0.25, 0.3) is 0 Å². The normalized spacial score (nSPS) is 15.4. The number of alkyl halides is 1. The number of allylic oxidation sites excluding steroid dienone is 1. The Bertz CT molecular complexity index is 2020. The van der Waals surface area contributed by atoms with Gasteiger partial charge in [0.15, 0.2) is 17.5 Å². The predicted molar refractivity (Wildman–Crippen MR) is 249 cm³/mol. The van der Waals surface area contributed by atoms with Crippen LogP contribution in [0.2, 0.25) is 5.02 Å². The lowest BCUT2D eigenvalue weighted by Gasteiger charge is -2.38. The number of carbonyl (C=O) groups is 1. The molecule has 1 aliphatic rings. The fourth-order valence-electron chi connectivity index (χ4n) is 7.15. The van der Waals surface area contributed by atoms with E-state index in [0.717, 1.165) is 56.1 Å². The first kappa shape index (κ1) is 54.3. The summed E-state index contributed by atoms with van der Waals surface area (Å²) in [5.74, 6) is 0.487. The second-order valence-electron chi connectivity index (χ2n) is 15.9. The van der Waals surface area contributed by atoms with Crippen molar-refractivity contribution in [3.05, 3.63) is 80.8 Å². The molecule has 11 heteroatoms. The van der Waals surface area contributed by atoms with Crippen LogP contribution in [0.5, 0.6) is 0 Å². The molecule has 0 fully saturated rings. The Balaban J connectivity index is 0.000000832. The number of nitrogens with one attached hydrogen (secondary N) is 2. The van der Waals surface area contributed by atoms with Gasteiger partial charge >= 0.3 is 0 Å². The Morgan fingerprint density at radius 3 is 2.18 bits per heavy atom. The van der Waals surface area contributed by atoms with Gasteiger partial charge in [-0.2, -0.15) is 5.26 Å². The first-order valence-electron chi connectivity index (χ1n) is 21.7. The van der Waals surface area contributed by atoms with E-state index >= 15 is 4.39 Å². The number of fused-ring (bicyclic) bond motifs is 1. The SMILES string of the molecule is C=C(Nc1c(F)/c(=c2/ccc(F)c3c2=C(C#N)C(=N)S3)c(Cl)c/c1=C(/C)N(CC)C(CCC(C)CC)C(C)CC)OC.C=CC(C)=O.CCCCCCC(C)CC(F)CC. The molecule has 0 radical (unpaired) electrons. The first-order chi connectivity index (χ1) is 28.4. The molecule has 334 valence electrons. The van der Waals surface area contributed by atoms with Crippen molar-refractivity contribution in [1.29, 1.82) is 10.7 Å². The molecule has 0 aromatic heterocycles. The van der Waals surface area contributed by atoms with Crippen LogP contribution in [0.15, 0.2) is 48.2 Å². The highest BCUT2D eigenvalue weighted by Crippen LogP contribution is 2.31. The molecule has 0 spiro atoms. The molecule has 1 aliphatic heterocycles. The standard InChI is InChI=1S/C33H41ClF2N4OS.C12H25F.C4H6O/c1-9-18(4)12-15-27(19(5)10-2)40(11-3)20(6)23-16-25(34)29(30(36)31(23)39-21(7)41-8)22-13-14-26(35)32-28(22)24(17-37)33(38)42-32;1-4-6-7-8-9-11(3)10-12(13)5-2;1-3-4(2)5/h13-14,16,18-19,27,38-39H,7,9-12,15H2,1-6,8H3;11-12H,4-10H2,1-3H3;3H,1H2,2H3/b23-20+,29-22-,38-33?;;. The third-order valence-corrected chi connectivity index (χ3v) is 12.7. The number of nitrogens with zero attached hydrogens (tertiary/aromatic N) is 2. The highest BCUT2D eigenvalue weighted by Gasteiger charge is 2.27. The van der Waals surface area contributed by atoms with Gasteiger partial charge < -0.3 is 15.0 Å². The number of nitriles is 1. The lowest BCUT2D eigenvalue weighted by atomic mass is 9.89. The number of methoxy groups -OCH3 is 1. The van der Waals surface area contributed by atoms with Crippen LogP contribution in [-0.2, 0) is 9.53 Å². The topological polar surface area (TPSA) is 89.2 Å². The second kappa shape index (κ2) is 28.0. The van der Waals surface area contributed by atoms with E-state index in [1.165, 1.54) is 64.3 Å². The second-order valence-corrected chi connectivity index (χ2v) is 17.3. The Kier molecular flexibility index (Phi) is 25.4. The van der Waals surface area contributed by atoms with Crippen LogP contribution in [0, 0.1) is 56.6 Å². The molecule has 3 rings (SSSR count). The Morgan fingerprint density at radius 2 is 1.67 bits per heavy atom. The number of rotatable bonds is 21. The molecule has 2 N–H and O–H groups in total. The van der Waals surface area contributed by atoms with E-state index in [9.17, 15) is 18.8 Å². The van der Waals surface area contributed by atoms with Crippen LogP contribution in [0.25, 0.3) is 11.3 Å². The van der Waals surface area contributed by atoms with Crippen molar-refractivity contribution in [2.75, 3.05) is 19.0 Å². The first-order valence-corrected chi connectivity index (χ1v) is 22.9. The summed E-state index contributed by atoms with van der Waals surface area (Å²) in [5, 5.41) is 22.0. The maximum atomic E-state index is 16.8. The maximum absolute atomic E-state index is 16.8. The highest BCUT2D eigenvalue weighted by molar-refractivity contribution is 8.15. The number of carbonyl (C=O) groups excluding carboxylic acids is 1. The van der Waals surface area contributed by atoms with Crippen molar-refractivity contribution in [1.82, 2.24) is 4.90 Å². The number of anilines is 1. The predicted octanol–water partition coefficient (Wildman–Crippen LogP) is 13.4. The average Bonchev–Trinajstić information content (AvgIpc) is 3.58. The fraction of sp³-hybridized carbons (Fsp3) is 0.571. The largest absolute Gasteiger partial charge is 0.483 e. The van der Waals surface area contributed by atoms with Crippen LogP contribution >= 0.6 is 23.4 Å². The molecule has 0 bridgehead atoms. The van der Waals surface area contributed by atoms with Crippen LogP contribution < -0.4 is 15.8 Å². The summed E-state index contributed by atoms with van der Waals surface area (Å²) in [6, 6.07) is 6.56. The molecule has 0 aliphatic carbocycles. The van der Waals surface area contributed by atoms with Gasteiger partial charge in [-0.15, -0.1) is 0 Å². The molecule has 5 unspecified atom stereocenters. The van der Waals surface area contributed by atoms with Crippen LogP contribution in [0.4, 0.5) is 18.9 Å².